The second-order valence-corrected chi connectivity index (χ2v) is 15.2. The van der Waals surface area contributed by atoms with Crippen molar-refractivity contribution in [2.75, 3.05) is 18.0 Å². The van der Waals surface area contributed by atoms with Crippen molar-refractivity contribution >= 4 is 44.5 Å². The molecule has 254 valence electrons. The molecule has 0 fully saturated rings. The predicted molar refractivity (Wildman–Crippen MR) is 215 cm³/mol. The maximum Gasteiger partial charge on any atom is 0.0470 e. The average molecular weight is 669 g/mol. The van der Waals surface area contributed by atoms with E-state index in [2.05, 4.69) is 150 Å². The van der Waals surface area contributed by atoms with Gasteiger partial charge in [-0.05, 0) is 94.1 Å². The molecule has 1 aliphatic heterocycles. The van der Waals surface area contributed by atoms with E-state index in [1.54, 1.807) is 0 Å². The van der Waals surface area contributed by atoms with E-state index >= 15 is 0 Å². The Morgan fingerprint density at radius 1 is 0.837 bits per heavy atom. The van der Waals surface area contributed by atoms with Gasteiger partial charge in [-0.15, -0.1) is 0 Å². The average Bonchev–Trinajstić information content (AvgIpc) is 3.33. The van der Waals surface area contributed by atoms with Gasteiger partial charge in [0.05, 0.1) is 0 Å². The largest absolute Gasteiger partial charge is 0.344 e. The van der Waals surface area contributed by atoms with Crippen molar-refractivity contribution in [1.29, 1.82) is 0 Å². The quantitative estimate of drug-likeness (QED) is 0.115. The van der Waals surface area contributed by atoms with Crippen LogP contribution >= 0.6 is 11.6 Å². The SMILES string of the molecule is CCCCN=C(/C=C/C1=C(Cl)C(=C/C=C2/N(CCCC)c3ccc4ccccc4c3C2(C)C)/CCC1)C(C)(C)c1cccc2ccccc12. The summed E-state index contributed by atoms with van der Waals surface area (Å²) >= 11 is 7.29. The number of allylic oxidation sites excluding steroid dienone is 8. The van der Waals surface area contributed by atoms with Gasteiger partial charge in [0.1, 0.15) is 0 Å². The highest BCUT2D eigenvalue weighted by Gasteiger charge is 2.41. The van der Waals surface area contributed by atoms with Crippen molar-refractivity contribution in [3.63, 3.8) is 0 Å². The molecule has 0 bridgehead atoms. The third kappa shape index (κ3) is 6.95. The molecular weight excluding hydrogens is 616 g/mol. The fourth-order valence-electron chi connectivity index (χ4n) is 7.88. The van der Waals surface area contributed by atoms with Gasteiger partial charge >= 0.3 is 0 Å². The first-order chi connectivity index (χ1) is 23.7. The van der Waals surface area contributed by atoms with Crippen LogP contribution in [0.2, 0.25) is 0 Å². The van der Waals surface area contributed by atoms with E-state index in [4.69, 9.17) is 16.6 Å². The van der Waals surface area contributed by atoms with Gasteiger partial charge in [-0.1, -0.05) is 151 Å². The first-order valence-electron chi connectivity index (χ1n) is 18.5. The van der Waals surface area contributed by atoms with Crippen molar-refractivity contribution in [3.8, 4) is 0 Å². The number of fused-ring (bicyclic) bond motifs is 4. The Balaban J connectivity index is 1.36. The molecule has 0 radical (unpaired) electrons. The van der Waals surface area contributed by atoms with E-state index in [1.807, 2.05) is 0 Å². The molecular formula is C46H53ClN2. The van der Waals surface area contributed by atoms with Crippen LogP contribution in [-0.4, -0.2) is 18.8 Å². The van der Waals surface area contributed by atoms with Crippen LogP contribution in [0.25, 0.3) is 21.5 Å². The summed E-state index contributed by atoms with van der Waals surface area (Å²) in [4.78, 5) is 7.78. The molecule has 0 spiro atoms. The van der Waals surface area contributed by atoms with Gasteiger partial charge in [0.25, 0.3) is 0 Å². The molecule has 6 rings (SSSR count). The Hall–Kier alpha value is -3.88. The van der Waals surface area contributed by atoms with Gasteiger partial charge < -0.3 is 4.90 Å². The summed E-state index contributed by atoms with van der Waals surface area (Å²) in [5.41, 5.74) is 8.61. The fourth-order valence-corrected chi connectivity index (χ4v) is 8.20. The third-order valence-corrected chi connectivity index (χ3v) is 11.2. The number of hydrogen-bond acceptors (Lipinski definition) is 2. The number of halogens is 1. The van der Waals surface area contributed by atoms with E-state index in [0.717, 1.165) is 62.4 Å². The molecule has 49 heavy (non-hydrogen) atoms. The monoisotopic (exact) mass is 668 g/mol. The van der Waals surface area contributed by atoms with E-state index in [-0.39, 0.29) is 10.8 Å². The van der Waals surface area contributed by atoms with Gasteiger partial charge in [0, 0.05) is 46.0 Å². The first kappa shape index (κ1) is 35.0. The number of aliphatic imine (C=N–C) groups is 1. The van der Waals surface area contributed by atoms with E-state index in [9.17, 15) is 0 Å². The van der Waals surface area contributed by atoms with Crippen molar-refractivity contribution < 1.29 is 0 Å². The normalized spacial score (nSPS) is 18.5. The highest BCUT2D eigenvalue weighted by Crippen LogP contribution is 2.51. The highest BCUT2D eigenvalue weighted by atomic mass is 35.5. The Morgan fingerprint density at radius 3 is 2.29 bits per heavy atom. The Morgan fingerprint density at radius 2 is 1.53 bits per heavy atom. The number of hydrogen-bond donors (Lipinski definition) is 0. The van der Waals surface area contributed by atoms with E-state index < -0.39 is 0 Å². The molecule has 0 saturated carbocycles. The lowest BCUT2D eigenvalue weighted by molar-refractivity contribution is 0.628. The first-order valence-corrected chi connectivity index (χ1v) is 18.9. The molecule has 2 nitrogen and oxygen atoms in total. The number of nitrogens with zero attached hydrogens (tertiary/aromatic N) is 2. The Bertz CT molecular complexity index is 1980. The molecule has 0 atom stereocenters. The number of rotatable bonds is 11. The minimum absolute atomic E-state index is 0.119. The zero-order chi connectivity index (χ0) is 34.6. The minimum Gasteiger partial charge on any atom is -0.344 e. The van der Waals surface area contributed by atoms with Crippen molar-refractivity contribution in [2.45, 2.75) is 97.3 Å². The van der Waals surface area contributed by atoms with Crippen molar-refractivity contribution in [1.82, 2.24) is 0 Å². The molecule has 0 saturated heterocycles. The van der Waals surface area contributed by atoms with Gasteiger partial charge in [-0.25, -0.2) is 0 Å². The molecule has 3 heteroatoms. The molecule has 0 N–H and O–H groups in total. The second-order valence-electron chi connectivity index (χ2n) is 14.9. The molecule has 2 aliphatic rings. The van der Waals surface area contributed by atoms with Gasteiger partial charge in [-0.3, -0.25) is 4.99 Å². The standard InChI is InChI=1S/C46H53ClN2/c1-7-9-31-48-41(45(3,4)39-24-16-19-33-17-11-13-22-37(33)39)29-26-35-20-15-21-36(44(35)47)27-30-42-46(5,6)43-38-23-14-12-18-34(38)25-28-40(43)49(42)32-10-8-2/h11-14,16-19,22-30H,7-10,15,20-21,31-32H2,1-6H3/b29-26+,36-27+,42-30+,48-41?. The number of benzene rings is 4. The summed E-state index contributed by atoms with van der Waals surface area (Å²) < 4.78 is 0. The van der Waals surface area contributed by atoms with Crippen LogP contribution in [-0.2, 0) is 10.8 Å². The van der Waals surface area contributed by atoms with Gasteiger partial charge in [0.15, 0.2) is 0 Å². The third-order valence-electron chi connectivity index (χ3n) is 10.7. The summed E-state index contributed by atoms with van der Waals surface area (Å²) in [7, 11) is 0. The van der Waals surface area contributed by atoms with Crippen molar-refractivity contribution in [2.24, 2.45) is 4.99 Å². The minimum atomic E-state index is -0.259. The molecule has 4 aromatic rings. The smallest absolute Gasteiger partial charge is 0.0470 e. The zero-order valence-electron chi connectivity index (χ0n) is 30.5. The molecule has 1 heterocycles. The summed E-state index contributed by atoms with van der Waals surface area (Å²) in [6, 6.07) is 28.8. The summed E-state index contributed by atoms with van der Waals surface area (Å²) in [6.45, 7) is 15.8. The Labute approximate surface area is 300 Å². The van der Waals surface area contributed by atoms with E-state index in [1.165, 1.54) is 61.6 Å². The topological polar surface area (TPSA) is 15.6 Å². The van der Waals surface area contributed by atoms with Crippen LogP contribution in [0.15, 0.2) is 130 Å². The number of anilines is 1. The number of unbranched alkanes of at least 4 members (excludes halogenated alkanes) is 2. The highest BCUT2D eigenvalue weighted by molar-refractivity contribution is 6.32. The summed E-state index contributed by atoms with van der Waals surface area (Å²) in [6.07, 6.45) is 16.8. The maximum atomic E-state index is 7.29. The lowest BCUT2D eigenvalue weighted by Gasteiger charge is -2.28. The predicted octanol–water partition coefficient (Wildman–Crippen LogP) is 13.2. The van der Waals surface area contributed by atoms with Crippen LogP contribution in [0.5, 0.6) is 0 Å². The zero-order valence-corrected chi connectivity index (χ0v) is 31.2. The Kier molecular flexibility index (Phi) is 10.7. The molecule has 1 aliphatic carbocycles. The van der Waals surface area contributed by atoms with Crippen LogP contribution in [0.4, 0.5) is 5.69 Å². The van der Waals surface area contributed by atoms with Crippen molar-refractivity contribution in [3.05, 3.63) is 136 Å². The lowest BCUT2D eigenvalue weighted by atomic mass is 9.77. The molecule has 4 aromatic carbocycles. The van der Waals surface area contributed by atoms with Gasteiger partial charge in [-0.2, -0.15) is 0 Å². The summed E-state index contributed by atoms with van der Waals surface area (Å²) in [5.74, 6) is 0. The van der Waals surface area contributed by atoms with Crippen LogP contribution in [0.3, 0.4) is 0 Å². The molecule has 0 unspecified atom stereocenters. The fraction of sp³-hybridized carbons (Fsp3) is 0.370. The van der Waals surface area contributed by atoms with Crippen LogP contribution in [0, 0.1) is 0 Å². The van der Waals surface area contributed by atoms with Gasteiger partial charge in [0.2, 0.25) is 0 Å². The van der Waals surface area contributed by atoms with E-state index in [0.29, 0.717) is 0 Å². The van der Waals surface area contributed by atoms with Crippen LogP contribution < -0.4 is 4.90 Å². The molecule has 0 amide bonds. The summed E-state index contributed by atoms with van der Waals surface area (Å²) in [5, 5.41) is 6.11. The second kappa shape index (κ2) is 14.9. The lowest BCUT2D eigenvalue weighted by Crippen LogP contribution is -2.28. The molecule has 0 aromatic heterocycles. The maximum absolute atomic E-state index is 7.29. The van der Waals surface area contributed by atoms with Crippen LogP contribution in [0.1, 0.15) is 97.6 Å².